The van der Waals surface area contributed by atoms with Gasteiger partial charge in [0.05, 0.1) is 18.1 Å². The van der Waals surface area contributed by atoms with Gasteiger partial charge in [0.25, 0.3) is 0 Å². The number of carbonyl (C=O) groups is 1. The third-order valence-electron chi connectivity index (χ3n) is 8.71. The van der Waals surface area contributed by atoms with Crippen LogP contribution in [0.3, 0.4) is 0 Å². The molecule has 186 valence electrons. The highest BCUT2D eigenvalue weighted by Gasteiger charge is 2.74. The second kappa shape index (κ2) is 9.27. The van der Waals surface area contributed by atoms with E-state index in [0.29, 0.717) is 13.0 Å². The molecule has 2 aliphatic heterocycles. The monoisotopic (exact) mass is 495 g/mol. The van der Waals surface area contributed by atoms with E-state index in [2.05, 4.69) is 47.9 Å². The fourth-order valence-electron chi connectivity index (χ4n) is 7.39. The van der Waals surface area contributed by atoms with E-state index in [0.717, 1.165) is 56.7 Å². The zero-order chi connectivity index (χ0) is 23.3. The summed E-state index contributed by atoms with van der Waals surface area (Å²) in [5.41, 5.74) is 2.89. The molecule has 2 aromatic carbocycles. The largest absolute Gasteiger partial charge is 0.493 e. The number of halogens is 1. The van der Waals surface area contributed by atoms with Crippen molar-refractivity contribution in [2.75, 3.05) is 26.8 Å². The van der Waals surface area contributed by atoms with Crippen molar-refractivity contribution in [3.63, 3.8) is 0 Å². The Hall–Kier alpha value is -2.34. The minimum Gasteiger partial charge on any atom is -0.493 e. The van der Waals surface area contributed by atoms with Crippen LogP contribution in [0.15, 0.2) is 55.1 Å². The topological polar surface area (TPSA) is 48.0 Å². The van der Waals surface area contributed by atoms with E-state index < -0.39 is 17.1 Å². The molecule has 6 rings (SSSR count). The number of carbonyl (C=O) groups excluding carboxylic acids is 1. The van der Waals surface area contributed by atoms with Crippen LogP contribution in [-0.4, -0.2) is 55.2 Å². The number of ether oxygens (including phenoxy) is 3. The quantitative estimate of drug-likeness (QED) is 0.393. The van der Waals surface area contributed by atoms with Crippen molar-refractivity contribution in [3.05, 3.63) is 71.8 Å². The number of Topliss-reactive ketones (excluding diaryl/α,β-unsaturated/α-hetero) is 1. The summed E-state index contributed by atoms with van der Waals surface area (Å²) in [7, 11) is 1.68. The van der Waals surface area contributed by atoms with Gasteiger partial charge in [-0.1, -0.05) is 42.5 Å². The van der Waals surface area contributed by atoms with Crippen molar-refractivity contribution in [1.82, 2.24) is 4.90 Å². The molecule has 0 N–H and O–H groups in total. The van der Waals surface area contributed by atoms with Crippen molar-refractivity contribution in [2.45, 2.75) is 61.7 Å². The average Bonchev–Trinajstić information content (AvgIpc) is 3.22. The van der Waals surface area contributed by atoms with Crippen molar-refractivity contribution in [1.29, 1.82) is 0 Å². The molecule has 6 heteroatoms. The lowest BCUT2D eigenvalue weighted by Crippen LogP contribution is -2.77. The number of likely N-dealkylation sites (tertiary alicyclic amines) is 1. The number of aryl methyl sites for hydroxylation is 1. The van der Waals surface area contributed by atoms with Gasteiger partial charge in [0, 0.05) is 37.7 Å². The van der Waals surface area contributed by atoms with Gasteiger partial charge in [0.15, 0.2) is 23.4 Å². The first-order valence-corrected chi connectivity index (χ1v) is 12.6. The number of benzene rings is 2. The van der Waals surface area contributed by atoms with Crippen LogP contribution in [0.1, 0.15) is 42.4 Å². The summed E-state index contributed by atoms with van der Waals surface area (Å²) in [6, 6.07) is 14.9. The van der Waals surface area contributed by atoms with Crippen LogP contribution < -0.4 is 9.47 Å². The second-order valence-electron chi connectivity index (χ2n) is 10.1. The molecular weight excluding hydrogens is 462 g/mol. The summed E-state index contributed by atoms with van der Waals surface area (Å²) in [4.78, 5) is 15.9. The van der Waals surface area contributed by atoms with Crippen LogP contribution in [0, 0.1) is 0 Å². The maximum absolute atomic E-state index is 13.3. The molecule has 2 aromatic rings. The minimum atomic E-state index is -0.492. The minimum absolute atomic E-state index is 0. The van der Waals surface area contributed by atoms with Gasteiger partial charge in [-0.05, 0) is 49.3 Å². The van der Waals surface area contributed by atoms with E-state index in [1.54, 1.807) is 7.11 Å². The molecule has 0 aromatic heterocycles. The molecule has 1 saturated heterocycles. The van der Waals surface area contributed by atoms with Crippen LogP contribution >= 0.6 is 12.4 Å². The van der Waals surface area contributed by atoms with Gasteiger partial charge < -0.3 is 14.2 Å². The molecular formula is C29H34ClNO4. The summed E-state index contributed by atoms with van der Waals surface area (Å²) < 4.78 is 19.3. The fourth-order valence-corrected chi connectivity index (χ4v) is 7.39. The normalized spacial score (nSPS) is 30.1. The van der Waals surface area contributed by atoms with Crippen molar-refractivity contribution >= 4 is 18.2 Å². The van der Waals surface area contributed by atoms with E-state index in [-0.39, 0.29) is 24.2 Å². The molecule has 35 heavy (non-hydrogen) atoms. The summed E-state index contributed by atoms with van der Waals surface area (Å²) in [5.74, 6) is 1.69. The summed E-state index contributed by atoms with van der Waals surface area (Å²) >= 11 is 0. The smallest absolute Gasteiger partial charge is 0.174 e. The average molecular weight is 496 g/mol. The van der Waals surface area contributed by atoms with Gasteiger partial charge in [0.2, 0.25) is 0 Å². The first-order chi connectivity index (χ1) is 16.6. The van der Waals surface area contributed by atoms with Crippen LogP contribution in [0.4, 0.5) is 0 Å². The Bertz CT molecular complexity index is 1120. The molecule has 5 nitrogen and oxygen atoms in total. The number of piperidine rings is 1. The maximum atomic E-state index is 13.3. The highest BCUT2D eigenvalue weighted by Crippen LogP contribution is 2.66. The molecule has 2 fully saturated rings. The molecule has 0 unspecified atom stereocenters. The third-order valence-corrected chi connectivity index (χ3v) is 8.71. The molecule has 2 aliphatic carbocycles. The van der Waals surface area contributed by atoms with E-state index >= 15 is 0 Å². The Morgan fingerprint density at radius 1 is 1.20 bits per heavy atom. The predicted octanol–water partition coefficient (Wildman–Crippen LogP) is 4.68. The van der Waals surface area contributed by atoms with Crippen LogP contribution in [0.5, 0.6) is 11.5 Å². The van der Waals surface area contributed by atoms with Crippen LogP contribution in [0.25, 0.3) is 0 Å². The maximum Gasteiger partial charge on any atom is 0.174 e. The molecule has 1 saturated carbocycles. The summed E-state index contributed by atoms with van der Waals surface area (Å²) in [6.45, 7) is 6.43. The summed E-state index contributed by atoms with van der Waals surface area (Å²) in [5, 5.41) is 0. The van der Waals surface area contributed by atoms with Gasteiger partial charge in [-0.25, -0.2) is 0 Å². The van der Waals surface area contributed by atoms with Gasteiger partial charge in [-0.3, -0.25) is 9.69 Å². The first kappa shape index (κ1) is 24.4. The highest BCUT2D eigenvalue weighted by molar-refractivity contribution is 5.90. The van der Waals surface area contributed by atoms with E-state index in [1.165, 1.54) is 16.7 Å². The number of rotatable bonds is 8. The van der Waals surface area contributed by atoms with Gasteiger partial charge in [-0.15, -0.1) is 19.0 Å². The Morgan fingerprint density at radius 3 is 2.80 bits per heavy atom. The molecule has 4 aliphatic rings. The fraction of sp³-hybridized carbons (Fsp3) is 0.483. The Morgan fingerprint density at radius 2 is 2.03 bits per heavy atom. The van der Waals surface area contributed by atoms with Gasteiger partial charge in [0.1, 0.15) is 0 Å². The van der Waals surface area contributed by atoms with E-state index in [4.69, 9.17) is 14.2 Å². The lowest BCUT2D eigenvalue weighted by molar-refractivity contribution is -0.212. The zero-order valence-corrected chi connectivity index (χ0v) is 21.1. The zero-order valence-electron chi connectivity index (χ0n) is 20.3. The molecule has 2 heterocycles. The molecule has 0 amide bonds. The number of methoxy groups -OCH3 is 1. The summed E-state index contributed by atoms with van der Waals surface area (Å²) in [6.07, 6.45) is 6.42. The van der Waals surface area contributed by atoms with Gasteiger partial charge >= 0.3 is 0 Å². The Kier molecular flexibility index (Phi) is 6.45. The molecule has 1 spiro atoms. The highest BCUT2D eigenvalue weighted by atomic mass is 35.5. The molecule has 4 atom stereocenters. The van der Waals surface area contributed by atoms with Crippen LogP contribution in [-0.2, 0) is 27.8 Å². The Balaban J connectivity index is 0.00000253. The lowest BCUT2D eigenvalue weighted by Gasteiger charge is -2.64. The van der Waals surface area contributed by atoms with Crippen molar-refractivity contribution in [3.8, 4) is 11.5 Å². The number of nitrogens with zero attached hydrogens (tertiary/aromatic N) is 1. The lowest BCUT2D eigenvalue weighted by atomic mass is 9.48. The number of hydrogen-bond donors (Lipinski definition) is 0. The predicted molar refractivity (Wildman–Crippen MR) is 138 cm³/mol. The molecule has 2 bridgehead atoms. The SMILES string of the molecule is C=CCN1CC[C@]23c4c5ccc(OC)c4O[C@H]2C(=O)CC[C@@]3(OCCCc2ccccc2)[C@H]1C5.Cl. The van der Waals surface area contributed by atoms with E-state index in [1.807, 2.05) is 12.1 Å². The third kappa shape index (κ3) is 3.39. The van der Waals surface area contributed by atoms with Gasteiger partial charge in [-0.2, -0.15) is 0 Å². The Labute approximate surface area is 213 Å². The van der Waals surface area contributed by atoms with Crippen molar-refractivity contribution in [2.24, 2.45) is 0 Å². The standard InChI is InChI=1S/C29H33NO4.ClH/c1-3-16-30-17-15-28-25-21-11-12-23(32-2)26(25)34-27(28)22(31)13-14-29(28,24(30)19-21)33-18-7-10-20-8-5-4-6-9-20;/h3-6,8-9,11-12,24,27H,1,7,10,13-19H2,2H3;1H/t24-,27+,28+,29-;/m1./s1. The first-order valence-electron chi connectivity index (χ1n) is 12.6. The van der Waals surface area contributed by atoms with Crippen molar-refractivity contribution < 1.29 is 19.0 Å². The number of ketones is 1. The molecule has 0 radical (unpaired) electrons. The number of hydrogen-bond acceptors (Lipinski definition) is 5. The van der Waals surface area contributed by atoms with Crippen LogP contribution in [0.2, 0.25) is 0 Å². The second-order valence-corrected chi connectivity index (χ2v) is 10.1. The van der Waals surface area contributed by atoms with E-state index in [9.17, 15) is 4.79 Å².